The summed E-state index contributed by atoms with van der Waals surface area (Å²) in [4.78, 5) is 17.2. The molecular formula is C16H16F3N3O2. The van der Waals surface area contributed by atoms with Crippen molar-refractivity contribution in [2.75, 3.05) is 13.6 Å². The molecule has 1 heterocycles. The Morgan fingerprint density at radius 1 is 1.33 bits per heavy atom. The first kappa shape index (κ1) is 16.5. The molecule has 0 radical (unpaired) electrons. The summed E-state index contributed by atoms with van der Waals surface area (Å²) in [5.74, 6) is -1.27. The monoisotopic (exact) mass is 339 g/mol. The average Bonchev–Trinajstić information content (AvgIpc) is 3.20. The predicted octanol–water partition coefficient (Wildman–Crippen LogP) is 2.89. The minimum Gasteiger partial charge on any atom is -0.345 e. The number of hydrogen-bond donors (Lipinski definition) is 0. The van der Waals surface area contributed by atoms with E-state index >= 15 is 0 Å². The van der Waals surface area contributed by atoms with Gasteiger partial charge in [0.15, 0.2) is 5.82 Å². The molecule has 0 unspecified atom stereocenters. The van der Waals surface area contributed by atoms with Gasteiger partial charge in [0.25, 0.3) is 0 Å². The van der Waals surface area contributed by atoms with E-state index in [2.05, 4.69) is 14.7 Å². The van der Waals surface area contributed by atoms with E-state index in [0.29, 0.717) is 0 Å². The van der Waals surface area contributed by atoms with Gasteiger partial charge in [0.2, 0.25) is 5.91 Å². The molecule has 2 aromatic rings. The summed E-state index contributed by atoms with van der Waals surface area (Å²) in [6, 6.07) is 9.79. The fourth-order valence-electron chi connectivity index (χ4n) is 2.67. The van der Waals surface area contributed by atoms with Crippen LogP contribution in [0.25, 0.3) is 0 Å². The quantitative estimate of drug-likeness (QED) is 0.840. The van der Waals surface area contributed by atoms with Crippen LogP contribution in [0.2, 0.25) is 0 Å². The van der Waals surface area contributed by atoms with E-state index in [-0.39, 0.29) is 36.5 Å². The molecule has 0 spiro atoms. The highest BCUT2D eigenvalue weighted by atomic mass is 19.4. The van der Waals surface area contributed by atoms with Gasteiger partial charge in [0.1, 0.15) is 0 Å². The van der Waals surface area contributed by atoms with Crippen LogP contribution in [0.4, 0.5) is 13.2 Å². The van der Waals surface area contributed by atoms with Crippen molar-refractivity contribution in [2.45, 2.75) is 24.9 Å². The molecule has 24 heavy (non-hydrogen) atoms. The van der Waals surface area contributed by atoms with Crippen molar-refractivity contribution in [1.82, 2.24) is 15.0 Å². The van der Waals surface area contributed by atoms with Crippen molar-refractivity contribution >= 4 is 5.91 Å². The lowest BCUT2D eigenvalue weighted by Gasteiger charge is -2.16. The Morgan fingerprint density at radius 2 is 2.04 bits per heavy atom. The summed E-state index contributed by atoms with van der Waals surface area (Å²) in [7, 11) is 1.63. The van der Waals surface area contributed by atoms with Crippen LogP contribution in [-0.2, 0) is 17.4 Å². The van der Waals surface area contributed by atoms with Crippen molar-refractivity contribution in [3.05, 3.63) is 47.6 Å². The van der Waals surface area contributed by atoms with Crippen molar-refractivity contribution in [1.29, 1.82) is 0 Å². The van der Waals surface area contributed by atoms with Gasteiger partial charge in [-0.15, -0.1) is 0 Å². The summed E-state index contributed by atoms with van der Waals surface area (Å²) in [6.45, 7) is 0.244. The molecule has 0 bridgehead atoms. The van der Waals surface area contributed by atoms with E-state index in [1.807, 2.05) is 30.3 Å². The molecule has 3 rings (SSSR count). The number of hydrogen-bond acceptors (Lipinski definition) is 4. The maximum Gasteiger partial charge on any atom is 0.471 e. The molecule has 1 fully saturated rings. The zero-order chi connectivity index (χ0) is 17.3. The Bertz CT molecular complexity index is 715. The van der Waals surface area contributed by atoms with E-state index in [1.54, 1.807) is 7.05 Å². The Labute approximate surface area is 136 Å². The number of aromatic nitrogens is 2. The average molecular weight is 339 g/mol. The number of rotatable bonds is 5. The molecule has 1 saturated carbocycles. The fourth-order valence-corrected chi connectivity index (χ4v) is 2.67. The molecule has 0 saturated heterocycles. The van der Waals surface area contributed by atoms with E-state index in [1.165, 1.54) is 4.90 Å². The van der Waals surface area contributed by atoms with Crippen LogP contribution in [0.5, 0.6) is 0 Å². The largest absolute Gasteiger partial charge is 0.471 e. The van der Waals surface area contributed by atoms with Crippen LogP contribution in [0.1, 0.15) is 29.6 Å². The minimum absolute atomic E-state index is 0.0107. The minimum atomic E-state index is -4.65. The standard InChI is InChI=1S/C16H16F3N3O2/c1-22(8-7-13-20-15(24-21-13)16(17,18)19)14(23)12-9-11(12)10-5-3-2-4-6-10/h2-6,11-12H,7-9H2,1H3/t11-,12+/m0/s1. The van der Waals surface area contributed by atoms with Gasteiger partial charge in [-0.25, -0.2) is 0 Å². The lowest BCUT2D eigenvalue weighted by Crippen LogP contribution is -2.30. The lowest BCUT2D eigenvalue weighted by molar-refractivity contribution is -0.159. The molecule has 128 valence electrons. The SMILES string of the molecule is CN(CCc1noc(C(F)(F)F)n1)C(=O)[C@@H]1C[C@H]1c1ccccc1. The Hall–Kier alpha value is -2.38. The molecule has 2 atom stereocenters. The second-order valence-corrected chi connectivity index (χ2v) is 5.88. The van der Waals surface area contributed by atoms with Crippen LogP contribution in [0.15, 0.2) is 34.9 Å². The van der Waals surface area contributed by atoms with Gasteiger partial charge < -0.3 is 9.42 Å². The van der Waals surface area contributed by atoms with Crippen LogP contribution >= 0.6 is 0 Å². The van der Waals surface area contributed by atoms with Gasteiger partial charge in [-0.3, -0.25) is 4.79 Å². The molecule has 1 aliphatic carbocycles. The fraction of sp³-hybridized carbons (Fsp3) is 0.438. The number of nitrogens with zero attached hydrogens (tertiary/aromatic N) is 3. The maximum absolute atomic E-state index is 12.4. The molecule has 0 N–H and O–H groups in total. The highest BCUT2D eigenvalue weighted by Gasteiger charge is 2.45. The maximum atomic E-state index is 12.4. The summed E-state index contributed by atoms with van der Waals surface area (Å²) in [5.41, 5.74) is 1.14. The molecule has 5 nitrogen and oxygen atoms in total. The second-order valence-electron chi connectivity index (χ2n) is 5.88. The molecular weight excluding hydrogens is 323 g/mol. The van der Waals surface area contributed by atoms with Crippen molar-refractivity contribution < 1.29 is 22.5 Å². The number of carbonyl (C=O) groups excluding carboxylic acids is 1. The number of alkyl halides is 3. The molecule has 1 aliphatic rings. The zero-order valence-corrected chi connectivity index (χ0v) is 13.0. The Morgan fingerprint density at radius 3 is 2.67 bits per heavy atom. The lowest BCUT2D eigenvalue weighted by atomic mass is 10.1. The molecule has 0 aliphatic heterocycles. The van der Waals surface area contributed by atoms with E-state index < -0.39 is 12.1 Å². The van der Waals surface area contributed by atoms with Gasteiger partial charge in [-0.05, 0) is 17.9 Å². The van der Waals surface area contributed by atoms with Crippen LogP contribution < -0.4 is 0 Å². The number of amides is 1. The zero-order valence-electron chi connectivity index (χ0n) is 13.0. The second kappa shape index (κ2) is 6.26. The Balaban J connectivity index is 1.52. The number of carbonyl (C=O) groups is 1. The third-order valence-electron chi connectivity index (χ3n) is 4.09. The van der Waals surface area contributed by atoms with Crippen molar-refractivity contribution in [3.63, 3.8) is 0 Å². The molecule has 8 heteroatoms. The van der Waals surface area contributed by atoms with Crippen LogP contribution in [0.3, 0.4) is 0 Å². The third-order valence-corrected chi connectivity index (χ3v) is 4.09. The highest BCUT2D eigenvalue weighted by molar-refractivity contribution is 5.82. The topological polar surface area (TPSA) is 59.2 Å². The number of benzene rings is 1. The van der Waals surface area contributed by atoms with Gasteiger partial charge >= 0.3 is 12.1 Å². The summed E-state index contributed by atoms with van der Waals surface area (Å²) in [5, 5.41) is 3.29. The summed E-state index contributed by atoms with van der Waals surface area (Å²) >= 11 is 0. The smallest absolute Gasteiger partial charge is 0.345 e. The Kier molecular flexibility index (Phi) is 4.29. The van der Waals surface area contributed by atoms with Gasteiger partial charge in [0.05, 0.1) is 0 Å². The molecule has 1 aromatic carbocycles. The summed E-state index contributed by atoms with van der Waals surface area (Å²) in [6.07, 6.45) is -3.73. The van der Waals surface area contributed by atoms with Crippen LogP contribution in [-0.4, -0.2) is 34.5 Å². The van der Waals surface area contributed by atoms with Gasteiger partial charge in [0, 0.05) is 25.9 Å². The first-order valence-corrected chi connectivity index (χ1v) is 7.56. The highest BCUT2D eigenvalue weighted by Crippen LogP contribution is 2.48. The third kappa shape index (κ3) is 3.58. The van der Waals surface area contributed by atoms with E-state index in [9.17, 15) is 18.0 Å². The molecule has 1 amide bonds. The number of likely N-dealkylation sites (N-methyl/N-ethyl adjacent to an activating group) is 1. The van der Waals surface area contributed by atoms with Crippen LogP contribution in [0, 0.1) is 5.92 Å². The van der Waals surface area contributed by atoms with Crippen molar-refractivity contribution in [2.24, 2.45) is 5.92 Å². The number of halogens is 3. The van der Waals surface area contributed by atoms with E-state index in [4.69, 9.17) is 0 Å². The molecule has 1 aromatic heterocycles. The first-order valence-electron chi connectivity index (χ1n) is 7.56. The predicted molar refractivity (Wildman–Crippen MR) is 77.9 cm³/mol. The van der Waals surface area contributed by atoms with Crippen molar-refractivity contribution in [3.8, 4) is 0 Å². The normalized spacial score (nSPS) is 20.0. The van der Waals surface area contributed by atoms with Gasteiger partial charge in [-0.2, -0.15) is 18.2 Å². The van der Waals surface area contributed by atoms with Gasteiger partial charge in [-0.1, -0.05) is 35.5 Å². The van der Waals surface area contributed by atoms with E-state index in [0.717, 1.165) is 12.0 Å². The first-order chi connectivity index (χ1) is 11.4. The summed E-state index contributed by atoms with van der Waals surface area (Å²) < 4.78 is 41.3.